The molecule has 6 heteroatoms. The predicted octanol–water partition coefficient (Wildman–Crippen LogP) is 3.90. The maximum absolute atomic E-state index is 13.0. The van der Waals surface area contributed by atoms with E-state index < -0.39 is 6.04 Å². The van der Waals surface area contributed by atoms with E-state index in [0.717, 1.165) is 11.3 Å². The van der Waals surface area contributed by atoms with Crippen LogP contribution in [-0.4, -0.2) is 24.9 Å². The molecule has 31 heavy (non-hydrogen) atoms. The highest BCUT2D eigenvalue weighted by atomic mass is 16.2. The average molecular weight is 412 g/mol. The highest BCUT2D eigenvalue weighted by Gasteiger charge is 2.23. The third kappa shape index (κ3) is 6.26. The first-order valence-electron chi connectivity index (χ1n) is 10.1. The number of hydrogen-bond donors (Lipinski definition) is 2. The van der Waals surface area contributed by atoms with Gasteiger partial charge in [-0.1, -0.05) is 66.7 Å². The van der Waals surface area contributed by atoms with Crippen LogP contribution in [0.15, 0.2) is 91.0 Å². The molecule has 0 saturated heterocycles. The molecule has 3 rings (SSSR count). The van der Waals surface area contributed by atoms with Crippen LogP contribution in [0.1, 0.15) is 18.0 Å². The topological polar surface area (TPSA) is 85.2 Å². The number of hydrogen-bond acceptors (Lipinski definition) is 4. The highest BCUT2D eigenvalue weighted by molar-refractivity contribution is 5.97. The Morgan fingerprint density at radius 3 is 2.06 bits per heavy atom. The van der Waals surface area contributed by atoms with E-state index in [0.29, 0.717) is 5.69 Å². The molecular formula is C25H24N4O2. The van der Waals surface area contributed by atoms with Gasteiger partial charge in [0.15, 0.2) is 0 Å². The number of para-hydroxylation sites is 2. The second kappa shape index (κ2) is 11.3. The lowest BCUT2D eigenvalue weighted by molar-refractivity contribution is -0.119. The Morgan fingerprint density at radius 2 is 1.45 bits per heavy atom. The number of amides is 2. The van der Waals surface area contributed by atoms with Crippen LogP contribution in [0.5, 0.6) is 0 Å². The number of carbonyl (C=O) groups excluding carboxylic acids is 2. The number of nitriles is 1. The van der Waals surface area contributed by atoms with Crippen LogP contribution in [0.25, 0.3) is 0 Å². The first kappa shape index (κ1) is 21.8. The summed E-state index contributed by atoms with van der Waals surface area (Å²) >= 11 is 0. The molecule has 1 unspecified atom stereocenters. The molecule has 0 aromatic heterocycles. The van der Waals surface area contributed by atoms with Crippen molar-refractivity contribution in [2.75, 3.05) is 23.3 Å². The fourth-order valence-corrected chi connectivity index (χ4v) is 3.20. The molecule has 3 aromatic rings. The van der Waals surface area contributed by atoms with Gasteiger partial charge in [-0.15, -0.1) is 0 Å². The minimum absolute atomic E-state index is 0.0535. The maximum atomic E-state index is 13.0. The highest BCUT2D eigenvalue weighted by Crippen LogP contribution is 2.17. The average Bonchev–Trinajstić information content (AvgIpc) is 2.81. The van der Waals surface area contributed by atoms with Crippen molar-refractivity contribution in [3.63, 3.8) is 0 Å². The number of anilines is 2. The summed E-state index contributed by atoms with van der Waals surface area (Å²) in [5.41, 5.74) is 2.16. The minimum Gasteiger partial charge on any atom is -0.324 e. The number of benzene rings is 3. The molecule has 156 valence electrons. The summed E-state index contributed by atoms with van der Waals surface area (Å²) in [7, 11) is 0. The lowest BCUT2D eigenvalue weighted by Gasteiger charge is -2.24. The SMILES string of the molecule is N#CCCN(C(=O)CNC(C(=O)Nc1ccccc1)c1ccccc1)c1ccccc1. The van der Waals surface area contributed by atoms with E-state index in [1.165, 1.54) is 0 Å². The Labute approximate surface area is 182 Å². The zero-order valence-electron chi connectivity index (χ0n) is 17.1. The summed E-state index contributed by atoms with van der Waals surface area (Å²) in [6.07, 6.45) is 0.219. The lowest BCUT2D eigenvalue weighted by atomic mass is 10.1. The molecule has 0 fully saturated rings. The zero-order chi connectivity index (χ0) is 21.9. The van der Waals surface area contributed by atoms with Crippen molar-refractivity contribution in [3.8, 4) is 6.07 Å². The fraction of sp³-hybridized carbons (Fsp3) is 0.160. The van der Waals surface area contributed by atoms with E-state index in [1.54, 1.807) is 4.90 Å². The summed E-state index contributed by atoms with van der Waals surface area (Å²) in [6.45, 7) is 0.231. The van der Waals surface area contributed by atoms with Crippen LogP contribution in [0.4, 0.5) is 11.4 Å². The number of rotatable bonds is 9. The van der Waals surface area contributed by atoms with E-state index in [4.69, 9.17) is 5.26 Å². The van der Waals surface area contributed by atoms with Crippen molar-refractivity contribution < 1.29 is 9.59 Å². The number of nitrogens with zero attached hydrogens (tertiary/aromatic N) is 2. The van der Waals surface area contributed by atoms with Crippen LogP contribution in [0, 0.1) is 11.3 Å². The van der Waals surface area contributed by atoms with Gasteiger partial charge >= 0.3 is 0 Å². The Balaban J connectivity index is 1.75. The van der Waals surface area contributed by atoms with Crippen LogP contribution in [-0.2, 0) is 9.59 Å². The zero-order valence-corrected chi connectivity index (χ0v) is 17.1. The van der Waals surface area contributed by atoms with Gasteiger partial charge in [0.1, 0.15) is 6.04 Å². The van der Waals surface area contributed by atoms with Gasteiger partial charge in [-0.25, -0.2) is 0 Å². The van der Waals surface area contributed by atoms with Crippen molar-refractivity contribution in [2.24, 2.45) is 0 Å². The Kier molecular flexibility index (Phi) is 7.92. The van der Waals surface area contributed by atoms with E-state index in [9.17, 15) is 9.59 Å². The third-order valence-corrected chi connectivity index (χ3v) is 4.71. The van der Waals surface area contributed by atoms with Gasteiger partial charge in [0, 0.05) is 17.9 Å². The molecule has 0 heterocycles. The molecule has 0 bridgehead atoms. The van der Waals surface area contributed by atoms with E-state index in [-0.39, 0.29) is 31.3 Å². The lowest BCUT2D eigenvalue weighted by Crippen LogP contribution is -2.42. The smallest absolute Gasteiger partial charge is 0.246 e. The standard InChI is InChI=1S/C25H24N4O2/c26-17-10-18-29(22-15-8-3-9-16-22)23(30)19-27-24(20-11-4-1-5-12-20)25(31)28-21-13-6-2-7-14-21/h1-9,11-16,24,27H,10,18-19H2,(H,28,31). The Hall–Kier alpha value is -3.95. The first-order valence-corrected chi connectivity index (χ1v) is 10.1. The molecule has 2 amide bonds. The van der Waals surface area contributed by atoms with Crippen molar-refractivity contribution in [3.05, 3.63) is 96.6 Å². The minimum atomic E-state index is -0.709. The van der Waals surface area contributed by atoms with Crippen LogP contribution in [0.2, 0.25) is 0 Å². The quantitative estimate of drug-likeness (QED) is 0.558. The van der Waals surface area contributed by atoms with Crippen LogP contribution in [0.3, 0.4) is 0 Å². The second-order valence-electron chi connectivity index (χ2n) is 6.87. The van der Waals surface area contributed by atoms with Gasteiger partial charge in [-0.3, -0.25) is 14.9 Å². The fourth-order valence-electron chi connectivity index (χ4n) is 3.20. The van der Waals surface area contributed by atoms with Crippen molar-refractivity contribution in [1.82, 2.24) is 5.32 Å². The first-order chi connectivity index (χ1) is 15.2. The van der Waals surface area contributed by atoms with Crippen molar-refractivity contribution in [2.45, 2.75) is 12.5 Å². The molecule has 0 aliphatic heterocycles. The molecule has 0 aliphatic rings. The molecule has 1 atom stereocenters. The summed E-state index contributed by atoms with van der Waals surface area (Å²) in [5, 5.41) is 15.0. The molecule has 0 spiro atoms. The van der Waals surface area contributed by atoms with Gasteiger partial charge in [-0.2, -0.15) is 5.26 Å². The normalized spacial score (nSPS) is 11.2. The number of carbonyl (C=O) groups is 2. The summed E-state index contributed by atoms with van der Waals surface area (Å²) in [4.78, 5) is 27.5. The van der Waals surface area contributed by atoms with Crippen molar-refractivity contribution >= 4 is 23.2 Å². The van der Waals surface area contributed by atoms with E-state index in [2.05, 4.69) is 16.7 Å². The van der Waals surface area contributed by atoms with E-state index in [1.807, 2.05) is 91.0 Å². The predicted molar refractivity (Wildman–Crippen MR) is 121 cm³/mol. The largest absolute Gasteiger partial charge is 0.324 e. The molecular weight excluding hydrogens is 388 g/mol. The van der Waals surface area contributed by atoms with Crippen LogP contribution < -0.4 is 15.5 Å². The van der Waals surface area contributed by atoms with E-state index >= 15 is 0 Å². The van der Waals surface area contributed by atoms with Gasteiger partial charge in [0.2, 0.25) is 11.8 Å². The molecule has 0 saturated carbocycles. The summed E-state index contributed by atoms with van der Waals surface area (Å²) in [6, 6.07) is 29.0. The molecule has 6 nitrogen and oxygen atoms in total. The van der Waals surface area contributed by atoms with Gasteiger partial charge in [-0.05, 0) is 29.8 Å². The molecule has 0 aliphatic carbocycles. The second-order valence-corrected chi connectivity index (χ2v) is 6.87. The van der Waals surface area contributed by atoms with Crippen molar-refractivity contribution in [1.29, 1.82) is 5.26 Å². The summed E-state index contributed by atoms with van der Waals surface area (Å²) < 4.78 is 0. The maximum Gasteiger partial charge on any atom is 0.246 e. The molecule has 3 aromatic carbocycles. The van der Waals surface area contributed by atoms with Gasteiger partial charge < -0.3 is 10.2 Å². The Morgan fingerprint density at radius 1 is 0.871 bits per heavy atom. The number of nitrogens with one attached hydrogen (secondary N) is 2. The summed E-state index contributed by atoms with van der Waals surface area (Å²) in [5.74, 6) is -0.469. The molecule has 2 N–H and O–H groups in total. The van der Waals surface area contributed by atoms with Crippen LogP contribution >= 0.6 is 0 Å². The monoisotopic (exact) mass is 412 g/mol. The molecule has 0 radical (unpaired) electrons. The van der Waals surface area contributed by atoms with Gasteiger partial charge in [0.25, 0.3) is 0 Å². The third-order valence-electron chi connectivity index (χ3n) is 4.71. The van der Waals surface area contributed by atoms with Gasteiger partial charge in [0.05, 0.1) is 19.0 Å². The Bertz CT molecular complexity index is 1020.